The lowest BCUT2D eigenvalue weighted by atomic mass is 9.86. The van der Waals surface area contributed by atoms with Gasteiger partial charge in [0, 0.05) is 12.6 Å². The van der Waals surface area contributed by atoms with Crippen molar-refractivity contribution in [2.24, 2.45) is 5.92 Å². The number of carbonyl (C=O) groups excluding carboxylic acids is 2. The summed E-state index contributed by atoms with van der Waals surface area (Å²) in [6, 6.07) is 15.8. The van der Waals surface area contributed by atoms with Crippen molar-refractivity contribution in [1.82, 2.24) is 14.8 Å². The van der Waals surface area contributed by atoms with Gasteiger partial charge in [-0.15, -0.1) is 0 Å². The van der Waals surface area contributed by atoms with Crippen LogP contribution in [-0.4, -0.2) is 32.9 Å². The molecule has 5 rings (SSSR count). The molecule has 178 valence electrons. The monoisotopic (exact) mass is 459 g/mol. The van der Waals surface area contributed by atoms with Gasteiger partial charge in [-0.1, -0.05) is 36.8 Å². The zero-order chi connectivity index (χ0) is 23.9. The fraction of sp³-hybridized carbons (Fsp3) is 0.429. The Bertz CT molecular complexity index is 1170. The van der Waals surface area contributed by atoms with E-state index in [1.165, 1.54) is 0 Å². The van der Waals surface area contributed by atoms with Crippen molar-refractivity contribution in [3.05, 3.63) is 71.6 Å². The van der Waals surface area contributed by atoms with Gasteiger partial charge in [0.05, 0.1) is 18.5 Å². The van der Waals surface area contributed by atoms with Gasteiger partial charge in [-0.2, -0.15) is 0 Å². The molecule has 1 saturated carbocycles. The highest BCUT2D eigenvalue weighted by molar-refractivity contribution is 6.00. The average molecular weight is 460 g/mol. The highest BCUT2D eigenvalue weighted by Crippen LogP contribution is 2.35. The average Bonchev–Trinajstić information content (AvgIpc) is 3.49. The minimum Gasteiger partial charge on any atom is -0.463 e. The summed E-state index contributed by atoms with van der Waals surface area (Å²) in [6.07, 6.45) is 5.85. The Kier molecular flexibility index (Phi) is 5.84. The maximum atomic E-state index is 13.9. The highest BCUT2D eigenvalue weighted by Gasteiger charge is 2.48. The summed E-state index contributed by atoms with van der Waals surface area (Å²) in [5, 5.41) is 3.30. The largest absolute Gasteiger partial charge is 0.463 e. The third-order valence-electron chi connectivity index (χ3n) is 7.58. The van der Waals surface area contributed by atoms with Crippen LogP contribution < -0.4 is 5.32 Å². The number of carbonyl (C=O) groups is 2. The molecular formula is C28H33N3O3. The number of amides is 2. The number of nitrogens with one attached hydrogen (secondary N) is 1. The number of furan rings is 1. The van der Waals surface area contributed by atoms with E-state index in [-0.39, 0.29) is 17.9 Å². The summed E-state index contributed by atoms with van der Waals surface area (Å²) in [5.74, 6) is 1.17. The Morgan fingerprint density at radius 3 is 2.44 bits per heavy atom. The second-order valence-electron chi connectivity index (χ2n) is 10.2. The van der Waals surface area contributed by atoms with Crippen molar-refractivity contribution < 1.29 is 14.0 Å². The van der Waals surface area contributed by atoms with Gasteiger partial charge in [0.25, 0.3) is 5.91 Å². The standard InChI is InChI=1S/C28H33N3O3/c1-19-6-10-21(11-7-19)17-31-26(32)24-15-14-23(25-5-4-16-34-25)30(24)18-28(31,3)27(33)29-22-12-8-20(2)9-13-22/h4-7,10-11,14-16,20,22H,8-9,12-13,17-18H2,1-3H3,(H,29,33)/t20?,22?,28-/m1/s1. The van der Waals surface area contributed by atoms with Gasteiger partial charge in [-0.25, -0.2) is 0 Å². The molecule has 6 nitrogen and oxygen atoms in total. The van der Waals surface area contributed by atoms with E-state index in [1.54, 1.807) is 11.2 Å². The quantitative estimate of drug-likeness (QED) is 0.573. The molecule has 1 atom stereocenters. The van der Waals surface area contributed by atoms with E-state index in [2.05, 4.69) is 12.2 Å². The molecule has 1 N–H and O–H groups in total. The van der Waals surface area contributed by atoms with Crippen LogP contribution in [0.25, 0.3) is 11.5 Å². The van der Waals surface area contributed by atoms with E-state index in [9.17, 15) is 9.59 Å². The number of nitrogens with zero attached hydrogens (tertiary/aromatic N) is 2. The number of rotatable bonds is 5. The summed E-state index contributed by atoms with van der Waals surface area (Å²) >= 11 is 0. The van der Waals surface area contributed by atoms with Crippen molar-refractivity contribution in [3.63, 3.8) is 0 Å². The molecule has 6 heteroatoms. The third-order valence-corrected chi connectivity index (χ3v) is 7.58. The molecule has 2 aliphatic rings. The van der Waals surface area contributed by atoms with E-state index in [0.29, 0.717) is 30.5 Å². The van der Waals surface area contributed by atoms with Crippen molar-refractivity contribution >= 4 is 11.8 Å². The van der Waals surface area contributed by atoms with Crippen molar-refractivity contribution in [2.45, 2.75) is 71.1 Å². The number of aryl methyl sites for hydroxylation is 1. The topological polar surface area (TPSA) is 67.5 Å². The lowest BCUT2D eigenvalue weighted by Gasteiger charge is -2.45. The zero-order valence-electron chi connectivity index (χ0n) is 20.2. The number of fused-ring (bicyclic) bond motifs is 1. The first-order valence-corrected chi connectivity index (χ1v) is 12.3. The molecule has 0 unspecified atom stereocenters. The molecular weight excluding hydrogens is 426 g/mol. The van der Waals surface area contributed by atoms with Gasteiger partial charge in [0.1, 0.15) is 17.0 Å². The molecule has 2 amide bonds. The van der Waals surface area contributed by atoms with Gasteiger partial charge in [0.2, 0.25) is 5.91 Å². The number of hydrogen-bond acceptors (Lipinski definition) is 3. The number of benzene rings is 1. The van der Waals surface area contributed by atoms with Crippen LogP contribution in [0.4, 0.5) is 0 Å². The van der Waals surface area contributed by atoms with E-state index in [4.69, 9.17) is 4.42 Å². The summed E-state index contributed by atoms with van der Waals surface area (Å²) in [5.41, 5.74) is 2.54. The molecule has 0 radical (unpaired) electrons. The zero-order valence-corrected chi connectivity index (χ0v) is 20.2. The summed E-state index contributed by atoms with van der Waals surface area (Å²) in [4.78, 5) is 29.4. The maximum Gasteiger partial charge on any atom is 0.271 e. The Hall–Kier alpha value is -3.28. The van der Waals surface area contributed by atoms with E-state index < -0.39 is 5.54 Å². The SMILES string of the molecule is Cc1ccc(CN2C(=O)c3ccc(-c4ccco4)n3C[C@]2(C)C(=O)NC2CCC(C)CC2)cc1. The second-order valence-corrected chi connectivity index (χ2v) is 10.2. The maximum absolute atomic E-state index is 13.9. The molecule has 1 aliphatic carbocycles. The van der Waals surface area contributed by atoms with Crippen LogP contribution >= 0.6 is 0 Å². The summed E-state index contributed by atoms with van der Waals surface area (Å²) in [6.45, 7) is 6.96. The van der Waals surface area contributed by atoms with E-state index in [1.807, 2.05) is 66.9 Å². The lowest BCUT2D eigenvalue weighted by molar-refractivity contribution is -0.134. The van der Waals surface area contributed by atoms with E-state index >= 15 is 0 Å². The summed E-state index contributed by atoms with van der Waals surface area (Å²) < 4.78 is 7.57. The third kappa shape index (κ3) is 4.06. The van der Waals surface area contributed by atoms with Crippen molar-refractivity contribution in [1.29, 1.82) is 0 Å². The molecule has 0 spiro atoms. The smallest absolute Gasteiger partial charge is 0.271 e. The van der Waals surface area contributed by atoms with Crippen molar-refractivity contribution in [3.8, 4) is 11.5 Å². The van der Waals surface area contributed by atoms with Gasteiger partial charge < -0.3 is 19.2 Å². The van der Waals surface area contributed by atoms with Crippen LogP contribution in [0.5, 0.6) is 0 Å². The number of aromatic nitrogens is 1. The Labute approximate surface area is 200 Å². The van der Waals surface area contributed by atoms with E-state index in [0.717, 1.165) is 42.5 Å². The van der Waals surface area contributed by atoms with Gasteiger partial charge in [0.15, 0.2) is 0 Å². The van der Waals surface area contributed by atoms with Crippen LogP contribution in [0.15, 0.2) is 59.2 Å². The first-order chi connectivity index (χ1) is 16.3. The van der Waals surface area contributed by atoms with Gasteiger partial charge in [-0.3, -0.25) is 9.59 Å². The lowest BCUT2D eigenvalue weighted by Crippen LogP contribution is -2.64. The molecule has 34 heavy (non-hydrogen) atoms. The first kappa shape index (κ1) is 22.5. The molecule has 3 heterocycles. The van der Waals surface area contributed by atoms with Crippen LogP contribution in [0.3, 0.4) is 0 Å². The first-order valence-electron chi connectivity index (χ1n) is 12.3. The predicted molar refractivity (Wildman–Crippen MR) is 131 cm³/mol. The summed E-state index contributed by atoms with van der Waals surface area (Å²) in [7, 11) is 0. The molecule has 1 fully saturated rings. The molecule has 1 aliphatic heterocycles. The molecule has 1 aromatic carbocycles. The van der Waals surface area contributed by atoms with Gasteiger partial charge >= 0.3 is 0 Å². The Balaban J connectivity index is 1.50. The van der Waals surface area contributed by atoms with Gasteiger partial charge in [-0.05, 0) is 75.3 Å². The fourth-order valence-electron chi connectivity index (χ4n) is 5.28. The van der Waals surface area contributed by atoms with Crippen LogP contribution in [0.1, 0.15) is 61.1 Å². The highest BCUT2D eigenvalue weighted by atomic mass is 16.3. The fourth-order valence-corrected chi connectivity index (χ4v) is 5.28. The minimum absolute atomic E-state index is 0.0859. The Morgan fingerprint density at radius 2 is 1.76 bits per heavy atom. The minimum atomic E-state index is -1.03. The van der Waals surface area contributed by atoms with Crippen molar-refractivity contribution in [2.75, 3.05) is 0 Å². The molecule has 3 aromatic rings. The molecule has 0 bridgehead atoms. The second kappa shape index (κ2) is 8.82. The molecule has 0 saturated heterocycles. The number of hydrogen-bond donors (Lipinski definition) is 1. The normalized spacial score (nSPS) is 24.7. The Morgan fingerprint density at radius 1 is 1.06 bits per heavy atom. The van der Waals surface area contributed by atoms with Crippen LogP contribution in [0, 0.1) is 12.8 Å². The van der Waals surface area contributed by atoms with Crippen LogP contribution in [-0.2, 0) is 17.9 Å². The van der Waals surface area contributed by atoms with Crippen LogP contribution in [0.2, 0.25) is 0 Å². The predicted octanol–water partition coefficient (Wildman–Crippen LogP) is 5.17. The molecule has 2 aromatic heterocycles.